The number of sulfonamides is 1. The Morgan fingerprint density at radius 1 is 1.09 bits per heavy atom. The van der Waals surface area contributed by atoms with Gasteiger partial charge in [0, 0.05) is 6.04 Å². The fourth-order valence-electron chi connectivity index (χ4n) is 1.99. The summed E-state index contributed by atoms with van der Waals surface area (Å²) in [5, 5.41) is -0.101. The third-order valence-electron chi connectivity index (χ3n) is 3.22. The topological polar surface area (TPSA) is 55.4 Å². The molecule has 0 aromatic heterocycles. The summed E-state index contributed by atoms with van der Waals surface area (Å²) in [6, 6.07) is 7.70. The van der Waals surface area contributed by atoms with E-state index in [1.54, 1.807) is 6.92 Å². The van der Waals surface area contributed by atoms with E-state index in [0.29, 0.717) is 5.56 Å². The Morgan fingerprint density at radius 2 is 1.70 bits per heavy atom. The number of methoxy groups -OCH3 is 1. The van der Waals surface area contributed by atoms with Crippen LogP contribution in [0.4, 0.5) is 4.39 Å². The number of rotatable bonds is 5. The molecule has 0 unspecified atom stereocenters. The molecule has 4 nitrogen and oxygen atoms in total. The molecule has 0 amide bonds. The minimum Gasteiger partial charge on any atom is -0.495 e. The van der Waals surface area contributed by atoms with E-state index in [-0.39, 0.29) is 20.7 Å². The molecule has 2 rings (SSSR count). The van der Waals surface area contributed by atoms with Crippen molar-refractivity contribution in [2.24, 2.45) is 0 Å². The van der Waals surface area contributed by atoms with Crippen LogP contribution in [0.1, 0.15) is 18.5 Å². The maximum absolute atomic E-state index is 12.9. The standard InChI is InChI=1S/C15H14Cl2FNO3S/c1-9(10-3-5-11(18)6-4-10)19-23(20,21)13-8-7-12(22-2)14(16)15(13)17/h3-9,19H,1-2H3/t9-/m1/s1. The zero-order chi connectivity index (χ0) is 17.2. The van der Waals surface area contributed by atoms with E-state index >= 15 is 0 Å². The van der Waals surface area contributed by atoms with Crippen LogP contribution in [0.2, 0.25) is 10.0 Å². The number of ether oxygens (including phenoxy) is 1. The van der Waals surface area contributed by atoms with Crippen LogP contribution < -0.4 is 9.46 Å². The summed E-state index contributed by atoms with van der Waals surface area (Å²) in [4.78, 5) is -0.154. The maximum Gasteiger partial charge on any atom is 0.242 e. The molecule has 0 aliphatic rings. The molecule has 0 bridgehead atoms. The van der Waals surface area contributed by atoms with E-state index in [9.17, 15) is 12.8 Å². The lowest BCUT2D eigenvalue weighted by Crippen LogP contribution is -2.27. The largest absolute Gasteiger partial charge is 0.495 e. The summed E-state index contributed by atoms with van der Waals surface area (Å²) in [6.07, 6.45) is 0. The van der Waals surface area contributed by atoms with Crippen LogP contribution in [0.3, 0.4) is 0 Å². The van der Waals surface area contributed by atoms with Gasteiger partial charge in [0.25, 0.3) is 0 Å². The highest BCUT2D eigenvalue weighted by Gasteiger charge is 2.24. The zero-order valence-corrected chi connectivity index (χ0v) is 14.6. The maximum atomic E-state index is 12.9. The summed E-state index contributed by atoms with van der Waals surface area (Å²) in [7, 11) is -2.51. The van der Waals surface area contributed by atoms with Crippen LogP contribution in [0.5, 0.6) is 5.75 Å². The van der Waals surface area contributed by atoms with Crippen LogP contribution >= 0.6 is 23.2 Å². The van der Waals surface area contributed by atoms with Crippen molar-refractivity contribution in [3.05, 3.63) is 57.8 Å². The van der Waals surface area contributed by atoms with Crippen LogP contribution in [-0.4, -0.2) is 15.5 Å². The smallest absolute Gasteiger partial charge is 0.242 e. The molecule has 0 aliphatic carbocycles. The minimum atomic E-state index is -3.91. The molecule has 2 aromatic rings. The van der Waals surface area contributed by atoms with Crippen molar-refractivity contribution in [3.63, 3.8) is 0 Å². The minimum absolute atomic E-state index is 0.0199. The molecular weight excluding hydrogens is 364 g/mol. The van der Waals surface area contributed by atoms with Gasteiger partial charge in [0.1, 0.15) is 21.5 Å². The molecule has 8 heteroatoms. The third-order valence-corrected chi connectivity index (χ3v) is 5.78. The van der Waals surface area contributed by atoms with Gasteiger partial charge < -0.3 is 4.74 Å². The SMILES string of the molecule is COc1ccc(S(=O)(=O)N[C@H](C)c2ccc(F)cc2)c(Cl)c1Cl. The van der Waals surface area contributed by atoms with E-state index in [1.165, 1.54) is 43.5 Å². The van der Waals surface area contributed by atoms with Gasteiger partial charge in [0.05, 0.1) is 12.1 Å². The highest BCUT2D eigenvalue weighted by Crippen LogP contribution is 2.36. The predicted octanol–water partition coefficient (Wildman–Crippen LogP) is 4.18. The first kappa shape index (κ1) is 18.0. The normalized spacial score (nSPS) is 12.9. The quantitative estimate of drug-likeness (QED) is 0.849. The van der Waals surface area contributed by atoms with Crippen molar-refractivity contribution < 1.29 is 17.5 Å². The molecule has 0 saturated carbocycles. The third kappa shape index (κ3) is 3.95. The Balaban J connectivity index is 2.32. The summed E-state index contributed by atoms with van der Waals surface area (Å²) < 4.78 is 45.4. The highest BCUT2D eigenvalue weighted by atomic mass is 35.5. The summed E-state index contributed by atoms with van der Waals surface area (Å²) in [5.41, 5.74) is 0.616. The first-order valence-corrected chi connectivity index (χ1v) is 8.80. The molecule has 1 atom stereocenters. The lowest BCUT2D eigenvalue weighted by atomic mass is 10.1. The number of halogens is 3. The Morgan fingerprint density at radius 3 is 2.26 bits per heavy atom. The molecule has 0 fully saturated rings. The van der Waals surface area contributed by atoms with Gasteiger partial charge in [-0.05, 0) is 36.8 Å². The predicted molar refractivity (Wildman–Crippen MR) is 88.2 cm³/mol. The molecule has 2 aromatic carbocycles. The van der Waals surface area contributed by atoms with Crippen molar-refractivity contribution in [1.82, 2.24) is 4.72 Å². The number of benzene rings is 2. The van der Waals surface area contributed by atoms with Crippen molar-refractivity contribution in [2.75, 3.05) is 7.11 Å². The Labute approximate surface area is 144 Å². The van der Waals surface area contributed by atoms with E-state index in [2.05, 4.69) is 4.72 Å². The Kier molecular flexibility index (Phi) is 5.52. The number of hydrogen-bond donors (Lipinski definition) is 1. The molecule has 124 valence electrons. The Bertz CT molecular complexity index is 810. The molecule has 1 N–H and O–H groups in total. The lowest BCUT2D eigenvalue weighted by molar-refractivity contribution is 0.414. The second-order valence-corrected chi connectivity index (χ2v) is 7.23. The van der Waals surface area contributed by atoms with Gasteiger partial charge in [-0.25, -0.2) is 17.5 Å². The first-order valence-electron chi connectivity index (χ1n) is 6.56. The Hall–Kier alpha value is -1.34. The van der Waals surface area contributed by atoms with Crippen LogP contribution in [-0.2, 0) is 10.0 Å². The lowest BCUT2D eigenvalue weighted by Gasteiger charge is -2.16. The van der Waals surface area contributed by atoms with Crippen molar-refractivity contribution >= 4 is 33.2 Å². The fourth-order valence-corrected chi connectivity index (χ4v) is 4.07. The molecule has 0 spiro atoms. The van der Waals surface area contributed by atoms with Crippen LogP contribution in [0.15, 0.2) is 41.3 Å². The molecule has 23 heavy (non-hydrogen) atoms. The van der Waals surface area contributed by atoms with Crippen molar-refractivity contribution in [1.29, 1.82) is 0 Å². The van der Waals surface area contributed by atoms with Gasteiger partial charge in [-0.1, -0.05) is 35.3 Å². The average molecular weight is 378 g/mol. The van der Waals surface area contributed by atoms with Gasteiger partial charge in [0.2, 0.25) is 10.0 Å². The van der Waals surface area contributed by atoms with E-state index in [0.717, 1.165) is 0 Å². The molecule has 0 radical (unpaired) electrons. The summed E-state index contributed by atoms with van der Waals surface area (Å²) in [6.45, 7) is 1.64. The number of nitrogens with one attached hydrogen (secondary N) is 1. The van der Waals surface area contributed by atoms with E-state index in [1.807, 2.05) is 0 Å². The van der Waals surface area contributed by atoms with Gasteiger partial charge in [-0.15, -0.1) is 0 Å². The van der Waals surface area contributed by atoms with Gasteiger partial charge in [-0.2, -0.15) is 0 Å². The monoisotopic (exact) mass is 377 g/mol. The molecular formula is C15H14Cl2FNO3S. The van der Waals surface area contributed by atoms with E-state index in [4.69, 9.17) is 27.9 Å². The summed E-state index contributed by atoms with van der Waals surface area (Å²) >= 11 is 12.0. The van der Waals surface area contributed by atoms with Crippen LogP contribution in [0, 0.1) is 5.82 Å². The zero-order valence-electron chi connectivity index (χ0n) is 12.3. The number of hydrogen-bond acceptors (Lipinski definition) is 3. The molecule has 0 heterocycles. The fraction of sp³-hybridized carbons (Fsp3) is 0.200. The van der Waals surface area contributed by atoms with Gasteiger partial charge >= 0.3 is 0 Å². The van der Waals surface area contributed by atoms with Crippen molar-refractivity contribution in [3.8, 4) is 5.75 Å². The molecule has 0 saturated heterocycles. The van der Waals surface area contributed by atoms with Gasteiger partial charge in [0.15, 0.2) is 0 Å². The second kappa shape index (κ2) is 7.05. The van der Waals surface area contributed by atoms with Crippen LogP contribution in [0.25, 0.3) is 0 Å². The van der Waals surface area contributed by atoms with Crippen molar-refractivity contribution in [2.45, 2.75) is 17.9 Å². The highest BCUT2D eigenvalue weighted by molar-refractivity contribution is 7.89. The summed E-state index contributed by atoms with van der Waals surface area (Å²) in [5.74, 6) is -0.115. The molecule has 0 aliphatic heterocycles. The van der Waals surface area contributed by atoms with Gasteiger partial charge in [-0.3, -0.25) is 0 Å². The average Bonchev–Trinajstić information content (AvgIpc) is 2.49. The van der Waals surface area contributed by atoms with E-state index < -0.39 is 21.9 Å². The second-order valence-electron chi connectivity index (χ2n) is 4.79. The first-order chi connectivity index (χ1) is 10.8.